The Balaban J connectivity index is 1.61. The maximum atomic E-state index is 13.4. The summed E-state index contributed by atoms with van der Waals surface area (Å²) in [4.78, 5) is 25.3. The maximum absolute atomic E-state index is 13.4. The van der Waals surface area contributed by atoms with Gasteiger partial charge in [-0.25, -0.2) is 13.2 Å². The molecule has 11 heteroatoms. The summed E-state index contributed by atoms with van der Waals surface area (Å²) in [6.07, 6.45) is 0.722. The van der Waals surface area contributed by atoms with Crippen LogP contribution in [-0.4, -0.2) is 51.5 Å². The maximum Gasteiger partial charge on any atom is 0.268 e. The number of nitriles is 1. The number of hydrogen-bond donors (Lipinski definition) is 1. The SMILES string of the molecule is N#C[C@@H]1CC(F)(F)CN1C(=O)CNC(=O)c1cn(Cc2ccc(F)cc2)nc1Br. The molecule has 1 aliphatic heterocycles. The molecule has 1 aromatic heterocycles. The molecule has 1 fully saturated rings. The first kappa shape index (κ1) is 20.9. The average Bonchev–Trinajstić information content (AvgIpc) is 3.20. The van der Waals surface area contributed by atoms with E-state index in [2.05, 4.69) is 26.3 Å². The second-order valence-electron chi connectivity index (χ2n) is 6.57. The van der Waals surface area contributed by atoms with E-state index in [0.29, 0.717) is 0 Å². The molecule has 0 unspecified atom stereocenters. The Kier molecular flexibility index (Phi) is 5.93. The van der Waals surface area contributed by atoms with Gasteiger partial charge in [-0.1, -0.05) is 12.1 Å². The lowest BCUT2D eigenvalue weighted by molar-refractivity contribution is -0.131. The molecule has 1 aliphatic rings. The number of nitrogens with zero attached hydrogens (tertiary/aromatic N) is 4. The fourth-order valence-corrected chi connectivity index (χ4v) is 3.44. The van der Waals surface area contributed by atoms with Gasteiger partial charge in [0, 0.05) is 12.6 Å². The van der Waals surface area contributed by atoms with Crippen LogP contribution in [0.1, 0.15) is 22.3 Å². The lowest BCUT2D eigenvalue weighted by Crippen LogP contribution is -2.42. The van der Waals surface area contributed by atoms with Gasteiger partial charge in [-0.2, -0.15) is 10.4 Å². The second kappa shape index (κ2) is 8.24. The Labute approximate surface area is 172 Å². The number of rotatable bonds is 5. The number of hydrogen-bond acceptors (Lipinski definition) is 4. The largest absolute Gasteiger partial charge is 0.343 e. The summed E-state index contributed by atoms with van der Waals surface area (Å²) in [6.45, 7) is -1.08. The van der Waals surface area contributed by atoms with Crippen LogP contribution in [0, 0.1) is 17.1 Å². The molecule has 0 spiro atoms. The van der Waals surface area contributed by atoms with Gasteiger partial charge in [0.1, 0.15) is 16.5 Å². The van der Waals surface area contributed by atoms with Crippen LogP contribution in [0.15, 0.2) is 35.1 Å². The van der Waals surface area contributed by atoms with Crippen molar-refractivity contribution in [3.05, 3.63) is 52.0 Å². The minimum atomic E-state index is -3.12. The third-order valence-corrected chi connectivity index (χ3v) is 4.94. The standard InChI is InChI=1S/C18H15BrF3N5O2/c19-16-14(9-26(25-16)8-11-1-3-12(20)4-2-11)17(29)24-7-15(28)27-10-18(21,22)5-13(27)6-23/h1-4,9,13H,5,7-8,10H2,(H,24,29)/t13-/m0/s1. The number of benzene rings is 1. The lowest BCUT2D eigenvalue weighted by atomic mass is 10.2. The van der Waals surface area contributed by atoms with Crippen molar-refractivity contribution in [1.29, 1.82) is 5.26 Å². The van der Waals surface area contributed by atoms with Crippen LogP contribution in [0.3, 0.4) is 0 Å². The number of amides is 2. The summed E-state index contributed by atoms with van der Waals surface area (Å²) in [6, 6.07) is 6.24. The van der Waals surface area contributed by atoms with Crippen molar-refractivity contribution >= 4 is 27.7 Å². The predicted octanol–water partition coefficient (Wildman–Crippen LogP) is 2.32. The van der Waals surface area contributed by atoms with Gasteiger partial charge in [0.05, 0.1) is 31.3 Å². The summed E-state index contributed by atoms with van der Waals surface area (Å²) in [7, 11) is 0. The van der Waals surface area contributed by atoms with E-state index in [9.17, 15) is 22.8 Å². The summed E-state index contributed by atoms with van der Waals surface area (Å²) in [5, 5.41) is 15.4. The Morgan fingerprint density at radius 1 is 1.34 bits per heavy atom. The highest BCUT2D eigenvalue weighted by molar-refractivity contribution is 9.10. The summed E-state index contributed by atoms with van der Waals surface area (Å²) < 4.78 is 41.6. The van der Waals surface area contributed by atoms with Gasteiger partial charge in [-0.3, -0.25) is 14.3 Å². The molecule has 1 atom stereocenters. The number of alkyl halides is 2. The van der Waals surface area contributed by atoms with E-state index in [-0.39, 0.29) is 22.5 Å². The van der Waals surface area contributed by atoms with Gasteiger partial charge in [-0.05, 0) is 33.6 Å². The molecule has 0 saturated carbocycles. The van der Waals surface area contributed by atoms with E-state index in [1.54, 1.807) is 18.2 Å². The van der Waals surface area contributed by atoms with Gasteiger partial charge in [-0.15, -0.1) is 0 Å². The summed E-state index contributed by atoms with van der Waals surface area (Å²) >= 11 is 3.16. The molecule has 0 aliphatic carbocycles. The third kappa shape index (κ3) is 4.95. The minimum absolute atomic E-state index is 0.142. The molecule has 7 nitrogen and oxygen atoms in total. The van der Waals surface area contributed by atoms with Crippen molar-refractivity contribution in [2.75, 3.05) is 13.1 Å². The Hall–Kier alpha value is -2.87. The number of nitrogens with one attached hydrogen (secondary N) is 1. The highest BCUT2D eigenvalue weighted by Gasteiger charge is 2.47. The number of aromatic nitrogens is 2. The molecular weight excluding hydrogens is 455 g/mol. The lowest BCUT2D eigenvalue weighted by Gasteiger charge is -2.19. The van der Waals surface area contributed by atoms with Gasteiger partial charge >= 0.3 is 0 Å². The van der Waals surface area contributed by atoms with Crippen molar-refractivity contribution in [2.45, 2.75) is 24.9 Å². The highest BCUT2D eigenvalue weighted by atomic mass is 79.9. The van der Waals surface area contributed by atoms with Gasteiger partial charge in [0.2, 0.25) is 5.91 Å². The van der Waals surface area contributed by atoms with E-state index in [0.717, 1.165) is 10.5 Å². The molecule has 152 valence electrons. The first-order valence-corrected chi connectivity index (χ1v) is 9.30. The van der Waals surface area contributed by atoms with Gasteiger partial charge in [0.15, 0.2) is 0 Å². The monoisotopic (exact) mass is 469 g/mol. The Morgan fingerprint density at radius 3 is 2.69 bits per heavy atom. The normalized spacial score (nSPS) is 17.8. The molecule has 1 aromatic carbocycles. The minimum Gasteiger partial charge on any atom is -0.343 e. The molecule has 3 rings (SSSR count). The van der Waals surface area contributed by atoms with E-state index in [1.807, 2.05) is 0 Å². The number of halogens is 4. The van der Waals surface area contributed by atoms with Crippen molar-refractivity contribution in [1.82, 2.24) is 20.0 Å². The van der Waals surface area contributed by atoms with Crippen LogP contribution < -0.4 is 5.32 Å². The van der Waals surface area contributed by atoms with Crippen molar-refractivity contribution in [3.63, 3.8) is 0 Å². The van der Waals surface area contributed by atoms with E-state index >= 15 is 0 Å². The topological polar surface area (TPSA) is 91.0 Å². The fourth-order valence-electron chi connectivity index (χ4n) is 2.95. The first-order valence-electron chi connectivity index (χ1n) is 8.51. The zero-order valence-electron chi connectivity index (χ0n) is 14.9. The van der Waals surface area contributed by atoms with E-state index < -0.39 is 43.3 Å². The molecule has 29 heavy (non-hydrogen) atoms. The number of likely N-dealkylation sites (tertiary alicyclic amines) is 1. The highest BCUT2D eigenvalue weighted by Crippen LogP contribution is 2.31. The van der Waals surface area contributed by atoms with Gasteiger partial charge in [0.25, 0.3) is 11.8 Å². The molecule has 2 amide bonds. The third-order valence-electron chi connectivity index (χ3n) is 4.36. The molecule has 2 heterocycles. The first-order chi connectivity index (χ1) is 13.7. The molecule has 1 N–H and O–H groups in total. The van der Waals surface area contributed by atoms with Crippen LogP contribution in [-0.2, 0) is 11.3 Å². The second-order valence-corrected chi connectivity index (χ2v) is 7.32. The van der Waals surface area contributed by atoms with Crippen LogP contribution in [0.5, 0.6) is 0 Å². The van der Waals surface area contributed by atoms with Crippen LogP contribution in [0.4, 0.5) is 13.2 Å². The van der Waals surface area contributed by atoms with E-state index in [1.165, 1.54) is 23.0 Å². The zero-order chi connectivity index (χ0) is 21.2. The molecule has 1 saturated heterocycles. The van der Waals surface area contributed by atoms with E-state index in [4.69, 9.17) is 5.26 Å². The smallest absolute Gasteiger partial charge is 0.268 e. The van der Waals surface area contributed by atoms with Crippen LogP contribution >= 0.6 is 15.9 Å². The van der Waals surface area contributed by atoms with Crippen LogP contribution in [0.2, 0.25) is 0 Å². The van der Waals surface area contributed by atoms with Crippen molar-refractivity contribution in [2.24, 2.45) is 0 Å². The zero-order valence-corrected chi connectivity index (χ0v) is 16.5. The van der Waals surface area contributed by atoms with Crippen molar-refractivity contribution in [3.8, 4) is 6.07 Å². The quantitative estimate of drug-likeness (QED) is 0.727. The average molecular weight is 470 g/mol. The summed E-state index contributed by atoms with van der Waals surface area (Å²) in [5.74, 6) is -4.88. The molecule has 0 radical (unpaired) electrons. The van der Waals surface area contributed by atoms with Crippen LogP contribution in [0.25, 0.3) is 0 Å². The predicted molar refractivity (Wildman–Crippen MR) is 98.4 cm³/mol. The molecule has 2 aromatic rings. The van der Waals surface area contributed by atoms with Gasteiger partial charge < -0.3 is 10.2 Å². The Bertz CT molecular complexity index is 971. The molecule has 0 bridgehead atoms. The fraction of sp³-hybridized carbons (Fsp3) is 0.333. The molecular formula is C18H15BrF3N5O2. The number of carbonyl (C=O) groups excluding carboxylic acids is 2. The number of carbonyl (C=O) groups is 2. The summed E-state index contributed by atoms with van der Waals surface area (Å²) in [5.41, 5.74) is 0.907. The van der Waals surface area contributed by atoms with Crippen molar-refractivity contribution < 1.29 is 22.8 Å². The Morgan fingerprint density at radius 2 is 2.03 bits per heavy atom.